The van der Waals surface area contributed by atoms with Gasteiger partial charge in [-0.2, -0.15) is 0 Å². The molecule has 4 heteroatoms. The zero-order chi connectivity index (χ0) is 15.0. The van der Waals surface area contributed by atoms with E-state index in [0.29, 0.717) is 12.3 Å². The van der Waals surface area contributed by atoms with Gasteiger partial charge < -0.3 is 15.8 Å². The molecule has 2 unspecified atom stereocenters. The third kappa shape index (κ3) is 5.61. The van der Waals surface area contributed by atoms with Crippen molar-refractivity contribution < 1.29 is 9.53 Å². The second-order valence-corrected chi connectivity index (χ2v) is 5.12. The van der Waals surface area contributed by atoms with Crippen LogP contribution >= 0.6 is 0 Å². The van der Waals surface area contributed by atoms with Crippen LogP contribution in [0.1, 0.15) is 51.6 Å². The standard InChI is InChI=1S/C16H26N2O2/c1-4-5-6-10-18-16(19)13(3)20-15-9-7-8-14(11-15)12(2)17/h7-9,11-13H,4-6,10,17H2,1-3H3,(H,18,19). The topological polar surface area (TPSA) is 64.3 Å². The zero-order valence-electron chi connectivity index (χ0n) is 12.7. The van der Waals surface area contributed by atoms with Crippen LogP contribution in [0.2, 0.25) is 0 Å². The van der Waals surface area contributed by atoms with Gasteiger partial charge in [-0.05, 0) is 38.0 Å². The van der Waals surface area contributed by atoms with Crippen LogP contribution in [-0.2, 0) is 4.79 Å². The summed E-state index contributed by atoms with van der Waals surface area (Å²) in [7, 11) is 0. The smallest absolute Gasteiger partial charge is 0.260 e. The molecule has 3 N–H and O–H groups in total. The van der Waals surface area contributed by atoms with Gasteiger partial charge in [0.25, 0.3) is 5.91 Å². The number of amides is 1. The van der Waals surface area contributed by atoms with E-state index in [1.807, 2.05) is 31.2 Å². The molecule has 0 bridgehead atoms. The lowest BCUT2D eigenvalue weighted by Crippen LogP contribution is -2.36. The Labute approximate surface area is 121 Å². The summed E-state index contributed by atoms with van der Waals surface area (Å²) in [4.78, 5) is 11.9. The molecule has 0 aromatic heterocycles. The lowest BCUT2D eigenvalue weighted by molar-refractivity contribution is -0.127. The van der Waals surface area contributed by atoms with E-state index in [1.165, 1.54) is 0 Å². The van der Waals surface area contributed by atoms with Crippen LogP contribution in [0, 0.1) is 0 Å². The number of unbranched alkanes of at least 4 members (excludes halogenated alkanes) is 2. The molecule has 1 aromatic rings. The van der Waals surface area contributed by atoms with E-state index in [0.717, 1.165) is 24.8 Å². The van der Waals surface area contributed by atoms with Crippen molar-refractivity contribution in [1.82, 2.24) is 5.32 Å². The van der Waals surface area contributed by atoms with Gasteiger partial charge in [0.2, 0.25) is 0 Å². The van der Waals surface area contributed by atoms with Crippen LogP contribution in [0.5, 0.6) is 5.75 Å². The van der Waals surface area contributed by atoms with Gasteiger partial charge in [0.15, 0.2) is 6.10 Å². The Morgan fingerprint density at radius 3 is 2.75 bits per heavy atom. The SMILES string of the molecule is CCCCCNC(=O)C(C)Oc1cccc(C(C)N)c1. The molecule has 20 heavy (non-hydrogen) atoms. The summed E-state index contributed by atoms with van der Waals surface area (Å²) in [5.41, 5.74) is 6.83. The van der Waals surface area contributed by atoms with Gasteiger partial charge in [-0.1, -0.05) is 31.9 Å². The molecule has 2 atom stereocenters. The third-order valence-corrected chi connectivity index (χ3v) is 3.15. The Hall–Kier alpha value is -1.55. The Morgan fingerprint density at radius 1 is 1.35 bits per heavy atom. The Balaban J connectivity index is 2.46. The average Bonchev–Trinajstić information content (AvgIpc) is 2.43. The minimum atomic E-state index is -0.500. The van der Waals surface area contributed by atoms with Crippen LogP contribution in [0.15, 0.2) is 24.3 Å². The summed E-state index contributed by atoms with van der Waals surface area (Å²) >= 11 is 0. The molecule has 0 aliphatic heterocycles. The molecular formula is C16H26N2O2. The number of rotatable bonds is 8. The van der Waals surface area contributed by atoms with Crippen LogP contribution < -0.4 is 15.8 Å². The fraction of sp³-hybridized carbons (Fsp3) is 0.562. The molecule has 0 spiro atoms. The number of nitrogens with one attached hydrogen (secondary N) is 1. The third-order valence-electron chi connectivity index (χ3n) is 3.15. The maximum atomic E-state index is 11.9. The van der Waals surface area contributed by atoms with E-state index in [-0.39, 0.29) is 11.9 Å². The van der Waals surface area contributed by atoms with Gasteiger partial charge in [0.1, 0.15) is 5.75 Å². The van der Waals surface area contributed by atoms with Crippen molar-refractivity contribution in [2.75, 3.05) is 6.54 Å². The van der Waals surface area contributed by atoms with Crippen molar-refractivity contribution in [2.45, 2.75) is 52.2 Å². The van der Waals surface area contributed by atoms with Crippen LogP contribution in [0.4, 0.5) is 0 Å². The summed E-state index contributed by atoms with van der Waals surface area (Å²) in [5.74, 6) is 0.600. The molecule has 0 saturated carbocycles. The summed E-state index contributed by atoms with van der Waals surface area (Å²) in [6.07, 6.45) is 2.78. The van der Waals surface area contributed by atoms with Crippen molar-refractivity contribution >= 4 is 5.91 Å². The molecule has 1 aromatic carbocycles. The molecule has 112 valence electrons. The molecule has 0 aliphatic carbocycles. The predicted molar refractivity (Wildman–Crippen MR) is 81.7 cm³/mol. The number of hydrogen-bond donors (Lipinski definition) is 2. The van der Waals surface area contributed by atoms with Gasteiger partial charge in [0, 0.05) is 12.6 Å². The monoisotopic (exact) mass is 278 g/mol. The highest BCUT2D eigenvalue weighted by atomic mass is 16.5. The number of benzene rings is 1. The molecular weight excluding hydrogens is 252 g/mol. The summed E-state index contributed by atoms with van der Waals surface area (Å²) in [5, 5.41) is 2.89. The quantitative estimate of drug-likeness (QED) is 0.719. The van der Waals surface area contributed by atoms with E-state index >= 15 is 0 Å². The molecule has 0 aliphatic rings. The molecule has 0 heterocycles. The number of nitrogens with two attached hydrogens (primary N) is 1. The molecule has 0 radical (unpaired) electrons. The van der Waals surface area contributed by atoms with Crippen molar-refractivity contribution in [2.24, 2.45) is 5.73 Å². The minimum Gasteiger partial charge on any atom is -0.481 e. The maximum absolute atomic E-state index is 11.9. The molecule has 0 fully saturated rings. The van der Waals surface area contributed by atoms with E-state index < -0.39 is 6.10 Å². The predicted octanol–water partition coefficient (Wildman–Crippen LogP) is 2.78. The number of hydrogen-bond acceptors (Lipinski definition) is 3. The van der Waals surface area contributed by atoms with Crippen molar-refractivity contribution in [3.8, 4) is 5.75 Å². The maximum Gasteiger partial charge on any atom is 0.260 e. The normalized spacial score (nSPS) is 13.6. The lowest BCUT2D eigenvalue weighted by Gasteiger charge is -2.16. The van der Waals surface area contributed by atoms with E-state index in [2.05, 4.69) is 12.2 Å². The van der Waals surface area contributed by atoms with Crippen LogP contribution in [-0.4, -0.2) is 18.6 Å². The molecule has 4 nitrogen and oxygen atoms in total. The highest BCUT2D eigenvalue weighted by Gasteiger charge is 2.14. The van der Waals surface area contributed by atoms with E-state index in [9.17, 15) is 4.79 Å². The molecule has 0 saturated heterocycles. The van der Waals surface area contributed by atoms with E-state index in [4.69, 9.17) is 10.5 Å². The van der Waals surface area contributed by atoms with Crippen molar-refractivity contribution in [3.05, 3.63) is 29.8 Å². The van der Waals surface area contributed by atoms with Gasteiger partial charge in [-0.25, -0.2) is 0 Å². The summed E-state index contributed by atoms with van der Waals surface area (Å²) < 4.78 is 5.66. The highest BCUT2D eigenvalue weighted by Crippen LogP contribution is 2.18. The van der Waals surface area contributed by atoms with Gasteiger partial charge in [-0.3, -0.25) is 4.79 Å². The number of carbonyl (C=O) groups excluding carboxylic acids is 1. The fourth-order valence-corrected chi connectivity index (χ4v) is 1.86. The van der Waals surface area contributed by atoms with Gasteiger partial charge in [0.05, 0.1) is 0 Å². The summed E-state index contributed by atoms with van der Waals surface area (Å²) in [6.45, 7) is 6.52. The second kappa shape index (κ2) is 8.59. The number of carbonyl (C=O) groups is 1. The Morgan fingerprint density at radius 2 is 2.10 bits per heavy atom. The minimum absolute atomic E-state index is 0.0447. The first-order chi connectivity index (χ1) is 9.54. The van der Waals surface area contributed by atoms with Crippen LogP contribution in [0.25, 0.3) is 0 Å². The Bertz CT molecular complexity index is 419. The van der Waals surface area contributed by atoms with Gasteiger partial charge in [-0.15, -0.1) is 0 Å². The van der Waals surface area contributed by atoms with Crippen molar-refractivity contribution in [3.63, 3.8) is 0 Å². The van der Waals surface area contributed by atoms with Gasteiger partial charge >= 0.3 is 0 Å². The molecule has 1 amide bonds. The number of ether oxygens (including phenoxy) is 1. The van der Waals surface area contributed by atoms with E-state index in [1.54, 1.807) is 6.92 Å². The summed E-state index contributed by atoms with van der Waals surface area (Å²) in [6, 6.07) is 7.52. The van der Waals surface area contributed by atoms with Crippen molar-refractivity contribution in [1.29, 1.82) is 0 Å². The van der Waals surface area contributed by atoms with Crippen LogP contribution in [0.3, 0.4) is 0 Å². The zero-order valence-corrected chi connectivity index (χ0v) is 12.7. The first kappa shape index (κ1) is 16.5. The second-order valence-electron chi connectivity index (χ2n) is 5.12. The first-order valence-electron chi connectivity index (χ1n) is 7.34. The Kier molecular flexibility index (Phi) is 7.09. The fourth-order valence-electron chi connectivity index (χ4n) is 1.86. The highest BCUT2D eigenvalue weighted by molar-refractivity contribution is 5.80. The average molecular weight is 278 g/mol. The lowest BCUT2D eigenvalue weighted by atomic mass is 10.1. The molecule has 1 rings (SSSR count). The largest absolute Gasteiger partial charge is 0.481 e. The first-order valence-corrected chi connectivity index (χ1v) is 7.34.